The molecule has 0 spiro atoms. The SMILES string of the molecule is CN(Cc1nnc2n1CCCC2)CC1(O)CCOCC1. The van der Waals surface area contributed by atoms with E-state index in [9.17, 15) is 5.11 Å². The molecule has 0 bridgehead atoms. The Morgan fingerprint density at radius 3 is 2.90 bits per heavy atom. The molecule has 1 aromatic rings. The molecule has 1 fully saturated rings. The number of hydrogen-bond donors (Lipinski definition) is 1. The molecule has 1 aromatic heterocycles. The molecule has 3 rings (SSSR count). The molecule has 6 heteroatoms. The third-order valence-electron chi connectivity index (χ3n) is 4.34. The second kappa shape index (κ2) is 5.79. The van der Waals surface area contributed by atoms with E-state index in [0.717, 1.165) is 44.0 Å². The molecule has 0 atom stereocenters. The number of ether oxygens (including phenoxy) is 1. The van der Waals surface area contributed by atoms with Crippen LogP contribution in [0.1, 0.15) is 37.3 Å². The van der Waals surface area contributed by atoms with Gasteiger partial charge < -0.3 is 14.4 Å². The van der Waals surface area contributed by atoms with E-state index in [2.05, 4.69) is 19.7 Å². The lowest BCUT2D eigenvalue weighted by atomic mass is 9.94. The van der Waals surface area contributed by atoms with E-state index in [1.807, 2.05) is 7.05 Å². The summed E-state index contributed by atoms with van der Waals surface area (Å²) < 4.78 is 7.57. The Bertz CT molecular complexity index is 454. The van der Waals surface area contributed by atoms with Gasteiger partial charge in [0.1, 0.15) is 11.6 Å². The van der Waals surface area contributed by atoms with Crippen LogP contribution < -0.4 is 0 Å². The summed E-state index contributed by atoms with van der Waals surface area (Å²) >= 11 is 0. The number of likely N-dealkylation sites (N-methyl/N-ethyl adjacent to an activating group) is 1. The lowest BCUT2D eigenvalue weighted by Gasteiger charge is -2.35. The van der Waals surface area contributed by atoms with Crippen LogP contribution in [0.2, 0.25) is 0 Å². The third-order valence-corrected chi connectivity index (χ3v) is 4.34. The van der Waals surface area contributed by atoms with Crippen molar-refractivity contribution in [3.8, 4) is 0 Å². The molecule has 2 aliphatic heterocycles. The Hall–Kier alpha value is -0.980. The van der Waals surface area contributed by atoms with Gasteiger partial charge in [0, 0.05) is 45.6 Å². The zero-order chi connectivity index (χ0) is 14.0. The first-order valence-electron chi connectivity index (χ1n) is 7.56. The smallest absolute Gasteiger partial charge is 0.147 e. The summed E-state index contributed by atoms with van der Waals surface area (Å²) in [5.74, 6) is 2.14. The standard InChI is InChI=1S/C14H24N4O2/c1-17(11-14(19)5-8-20-9-6-14)10-13-16-15-12-4-2-3-7-18(12)13/h19H,2-11H2,1H3. The van der Waals surface area contributed by atoms with Crippen molar-refractivity contribution in [2.24, 2.45) is 0 Å². The molecule has 0 saturated carbocycles. The molecule has 20 heavy (non-hydrogen) atoms. The second-order valence-corrected chi connectivity index (χ2v) is 6.15. The van der Waals surface area contributed by atoms with Gasteiger partial charge in [-0.3, -0.25) is 4.90 Å². The van der Waals surface area contributed by atoms with E-state index < -0.39 is 5.60 Å². The predicted molar refractivity (Wildman–Crippen MR) is 74.3 cm³/mol. The zero-order valence-electron chi connectivity index (χ0n) is 12.2. The summed E-state index contributed by atoms with van der Waals surface area (Å²) in [6.07, 6.45) is 4.90. The lowest BCUT2D eigenvalue weighted by Crippen LogP contribution is -2.45. The molecular formula is C14H24N4O2. The van der Waals surface area contributed by atoms with Crippen LogP contribution in [0.25, 0.3) is 0 Å². The Labute approximate surface area is 119 Å². The van der Waals surface area contributed by atoms with Gasteiger partial charge in [-0.15, -0.1) is 10.2 Å². The van der Waals surface area contributed by atoms with Crippen molar-refractivity contribution in [3.63, 3.8) is 0 Å². The highest BCUT2D eigenvalue weighted by molar-refractivity contribution is 4.99. The van der Waals surface area contributed by atoms with E-state index in [1.165, 1.54) is 12.8 Å². The largest absolute Gasteiger partial charge is 0.388 e. The van der Waals surface area contributed by atoms with Crippen molar-refractivity contribution in [1.82, 2.24) is 19.7 Å². The maximum absolute atomic E-state index is 10.5. The summed E-state index contributed by atoms with van der Waals surface area (Å²) in [5.41, 5.74) is -0.613. The number of aryl methyl sites for hydroxylation is 1. The minimum Gasteiger partial charge on any atom is -0.388 e. The van der Waals surface area contributed by atoms with Gasteiger partial charge >= 0.3 is 0 Å². The van der Waals surface area contributed by atoms with Gasteiger partial charge in [0.2, 0.25) is 0 Å². The molecule has 0 amide bonds. The number of fused-ring (bicyclic) bond motifs is 1. The number of rotatable bonds is 4. The van der Waals surface area contributed by atoms with Crippen molar-refractivity contribution in [1.29, 1.82) is 0 Å². The van der Waals surface area contributed by atoms with Gasteiger partial charge in [-0.2, -0.15) is 0 Å². The molecule has 0 aliphatic carbocycles. The van der Waals surface area contributed by atoms with Crippen molar-refractivity contribution < 1.29 is 9.84 Å². The van der Waals surface area contributed by atoms with Crippen LogP contribution >= 0.6 is 0 Å². The number of aliphatic hydroxyl groups is 1. The van der Waals surface area contributed by atoms with Crippen LogP contribution in [0.3, 0.4) is 0 Å². The fraction of sp³-hybridized carbons (Fsp3) is 0.857. The predicted octanol–water partition coefficient (Wildman–Crippen LogP) is 0.588. The first-order valence-corrected chi connectivity index (χ1v) is 7.56. The van der Waals surface area contributed by atoms with Gasteiger partial charge in [-0.25, -0.2) is 0 Å². The molecular weight excluding hydrogens is 256 g/mol. The average molecular weight is 280 g/mol. The summed E-state index contributed by atoms with van der Waals surface area (Å²) in [6, 6.07) is 0. The second-order valence-electron chi connectivity index (χ2n) is 6.15. The number of aromatic nitrogens is 3. The van der Waals surface area contributed by atoms with Crippen LogP contribution in [0.4, 0.5) is 0 Å². The van der Waals surface area contributed by atoms with Crippen molar-refractivity contribution >= 4 is 0 Å². The van der Waals surface area contributed by atoms with Crippen LogP contribution in [0.15, 0.2) is 0 Å². The van der Waals surface area contributed by atoms with Crippen molar-refractivity contribution in [3.05, 3.63) is 11.6 Å². The first-order chi connectivity index (χ1) is 9.66. The van der Waals surface area contributed by atoms with Gasteiger partial charge in [-0.1, -0.05) is 0 Å². The lowest BCUT2D eigenvalue weighted by molar-refractivity contribution is -0.0780. The summed E-state index contributed by atoms with van der Waals surface area (Å²) in [5, 5.41) is 19.1. The minimum absolute atomic E-state index is 0.613. The Balaban J connectivity index is 1.61. The van der Waals surface area contributed by atoms with Crippen LogP contribution in [0.5, 0.6) is 0 Å². The van der Waals surface area contributed by atoms with E-state index in [1.54, 1.807) is 0 Å². The maximum Gasteiger partial charge on any atom is 0.147 e. The summed E-state index contributed by atoms with van der Waals surface area (Å²) in [7, 11) is 2.04. The fourth-order valence-corrected chi connectivity index (χ4v) is 3.19. The number of hydrogen-bond acceptors (Lipinski definition) is 5. The molecule has 1 N–H and O–H groups in total. The topological polar surface area (TPSA) is 63.4 Å². The molecule has 112 valence electrons. The monoisotopic (exact) mass is 280 g/mol. The fourth-order valence-electron chi connectivity index (χ4n) is 3.19. The van der Waals surface area contributed by atoms with Gasteiger partial charge in [0.25, 0.3) is 0 Å². The number of nitrogens with zero attached hydrogens (tertiary/aromatic N) is 4. The summed E-state index contributed by atoms with van der Waals surface area (Å²) in [4.78, 5) is 2.15. The van der Waals surface area contributed by atoms with Crippen molar-refractivity contribution in [2.75, 3.05) is 26.8 Å². The first kappa shape index (κ1) is 14.0. The molecule has 0 radical (unpaired) electrons. The highest BCUT2D eigenvalue weighted by Crippen LogP contribution is 2.22. The van der Waals surface area contributed by atoms with E-state index in [4.69, 9.17) is 4.74 Å². The van der Waals surface area contributed by atoms with Gasteiger partial charge in [-0.05, 0) is 19.9 Å². The van der Waals surface area contributed by atoms with Gasteiger partial charge in [0.05, 0.1) is 12.1 Å². The molecule has 2 aliphatic rings. The highest BCUT2D eigenvalue weighted by atomic mass is 16.5. The quantitative estimate of drug-likeness (QED) is 0.874. The van der Waals surface area contributed by atoms with E-state index in [-0.39, 0.29) is 0 Å². The van der Waals surface area contributed by atoms with Crippen molar-refractivity contribution in [2.45, 2.75) is 50.8 Å². The molecule has 0 aromatic carbocycles. The van der Waals surface area contributed by atoms with Crippen LogP contribution in [0, 0.1) is 0 Å². The maximum atomic E-state index is 10.5. The average Bonchev–Trinajstić information content (AvgIpc) is 2.82. The zero-order valence-corrected chi connectivity index (χ0v) is 12.2. The highest BCUT2D eigenvalue weighted by Gasteiger charge is 2.31. The molecule has 6 nitrogen and oxygen atoms in total. The molecule has 3 heterocycles. The van der Waals surface area contributed by atoms with Gasteiger partial charge in [0.15, 0.2) is 0 Å². The molecule has 1 saturated heterocycles. The third kappa shape index (κ3) is 3.02. The Kier molecular flexibility index (Phi) is 4.05. The van der Waals surface area contributed by atoms with E-state index >= 15 is 0 Å². The van der Waals surface area contributed by atoms with Crippen LogP contribution in [-0.2, 0) is 24.2 Å². The Morgan fingerprint density at radius 1 is 1.30 bits per heavy atom. The Morgan fingerprint density at radius 2 is 2.10 bits per heavy atom. The minimum atomic E-state index is -0.613. The normalized spacial score (nSPS) is 21.9. The summed E-state index contributed by atoms with van der Waals surface area (Å²) in [6.45, 7) is 3.76. The van der Waals surface area contributed by atoms with Crippen LogP contribution in [-0.4, -0.2) is 57.2 Å². The van der Waals surface area contributed by atoms with E-state index in [0.29, 0.717) is 19.8 Å². The molecule has 0 unspecified atom stereocenters.